The molecule has 0 amide bonds. The first-order chi connectivity index (χ1) is 9.70. The van der Waals surface area contributed by atoms with E-state index < -0.39 is 11.7 Å². The van der Waals surface area contributed by atoms with Crippen molar-refractivity contribution in [2.75, 3.05) is 7.11 Å². The summed E-state index contributed by atoms with van der Waals surface area (Å²) in [5.41, 5.74) is 1.26. The third-order valence-corrected chi connectivity index (χ3v) is 3.51. The molecule has 0 spiro atoms. The van der Waals surface area contributed by atoms with Crippen LogP contribution >= 0.6 is 0 Å². The van der Waals surface area contributed by atoms with Crippen molar-refractivity contribution in [1.29, 1.82) is 0 Å². The first-order valence-corrected chi connectivity index (χ1v) is 6.85. The Morgan fingerprint density at radius 2 is 2.10 bits per heavy atom. The van der Waals surface area contributed by atoms with Crippen LogP contribution in [0.25, 0.3) is 0 Å². The lowest BCUT2D eigenvalue weighted by molar-refractivity contribution is -0.142. The SMILES string of the molecule is CC=C(C=CCC)C1(c2ccccc2)OC1C(=O)OC. The van der Waals surface area contributed by atoms with Gasteiger partial charge >= 0.3 is 5.97 Å². The zero-order valence-electron chi connectivity index (χ0n) is 12.1. The molecule has 0 aromatic heterocycles. The average Bonchev–Trinajstić information content (AvgIpc) is 3.25. The van der Waals surface area contributed by atoms with Crippen LogP contribution in [0.2, 0.25) is 0 Å². The lowest BCUT2D eigenvalue weighted by Crippen LogP contribution is -2.22. The fourth-order valence-corrected chi connectivity index (χ4v) is 2.44. The Bertz CT molecular complexity index is 530. The molecule has 1 heterocycles. The van der Waals surface area contributed by atoms with Crippen LogP contribution in [-0.2, 0) is 19.9 Å². The van der Waals surface area contributed by atoms with Crippen LogP contribution in [0.5, 0.6) is 0 Å². The number of hydrogen-bond donors (Lipinski definition) is 0. The van der Waals surface area contributed by atoms with Crippen LogP contribution in [-0.4, -0.2) is 19.2 Å². The second-order valence-electron chi connectivity index (χ2n) is 4.68. The van der Waals surface area contributed by atoms with Gasteiger partial charge in [-0.15, -0.1) is 0 Å². The molecule has 1 fully saturated rings. The molecule has 1 aliphatic rings. The van der Waals surface area contributed by atoms with Gasteiger partial charge in [-0.25, -0.2) is 4.79 Å². The Hall–Kier alpha value is -1.87. The zero-order chi connectivity index (χ0) is 14.6. The van der Waals surface area contributed by atoms with Gasteiger partial charge in [0, 0.05) is 0 Å². The number of esters is 1. The van der Waals surface area contributed by atoms with Gasteiger partial charge in [0.25, 0.3) is 0 Å². The van der Waals surface area contributed by atoms with Crippen molar-refractivity contribution < 1.29 is 14.3 Å². The molecule has 3 nitrogen and oxygen atoms in total. The molecule has 3 heteroatoms. The van der Waals surface area contributed by atoms with E-state index in [-0.39, 0.29) is 5.97 Å². The number of allylic oxidation sites excluding steroid dienone is 2. The normalized spacial score (nSPS) is 25.8. The van der Waals surface area contributed by atoms with Gasteiger partial charge in [0.05, 0.1) is 7.11 Å². The van der Waals surface area contributed by atoms with Crippen LogP contribution in [0.1, 0.15) is 25.8 Å². The third kappa shape index (κ3) is 2.41. The molecule has 1 aromatic carbocycles. The van der Waals surface area contributed by atoms with E-state index in [0.29, 0.717) is 0 Å². The van der Waals surface area contributed by atoms with Crippen LogP contribution in [0.3, 0.4) is 0 Å². The lowest BCUT2D eigenvalue weighted by atomic mass is 9.87. The predicted octanol–water partition coefficient (Wildman–Crippen LogP) is 3.37. The molecule has 0 radical (unpaired) electrons. The summed E-state index contributed by atoms with van der Waals surface area (Å²) in [4.78, 5) is 11.9. The molecule has 2 rings (SSSR count). The van der Waals surface area contributed by atoms with E-state index in [4.69, 9.17) is 9.47 Å². The number of benzene rings is 1. The summed E-state index contributed by atoms with van der Waals surface area (Å²) in [5, 5.41) is 0. The summed E-state index contributed by atoms with van der Waals surface area (Å²) in [7, 11) is 1.39. The van der Waals surface area contributed by atoms with Gasteiger partial charge in [0.2, 0.25) is 0 Å². The smallest absolute Gasteiger partial charge is 0.338 e. The predicted molar refractivity (Wildman–Crippen MR) is 78.2 cm³/mol. The molecule has 0 aliphatic carbocycles. The first kappa shape index (κ1) is 14.5. The molecule has 0 N–H and O–H groups in total. The molecule has 0 saturated carbocycles. The number of carbonyl (C=O) groups is 1. The van der Waals surface area contributed by atoms with Crippen molar-refractivity contribution in [1.82, 2.24) is 0 Å². The highest BCUT2D eigenvalue weighted by molar-refractivity contribution is 5.81. The van der Waals surface area contributed by atoms with E-state index in [2.05, 4.69) is 13.0 Å². The number of ether oxygens (including phenoxy) is 2. The summed E-state index contributed by atoms with van der Waals surface area (Å²) in [5.74, 6) is -0.335. The minimum atomic E-state index is -0.700. The van der Waals surface area contributed by atoms with E-state index in [0.717, 1.165) is 17.6 Å². The standard InChI is InChI=1S/C17H20O3/c1-4-6-10-13(5-2)17(14-11-8-7-9-12-14)15(20-17)16(18)19-3/h5-12,15H,4H2,1-3H3. The van der Waals surface area contributed by atoms with Gasteiger partial charge in [-0.3, -0.25) is 0 Å². The summed E-state index contributed by atoms with van der Waals surface area (Å²) < 4.78 is 10.6. The first-order valence-electron chi connectivity index (χ1n) is 6.85. The molecule has 2 atom stereocenters. The maximum Gasteiger partial charge on any atom is 0.338 e. The van der Waals surface area contributed by atoms with Crippen LogP contribution in [0, 0.1) is 0 Å². The second-order valence-corrected chi connectivity index (χ2v) is 4.68. The minimum Gasteiger partial charge on any atom is -0.467 e. The summed E-state index contributed by atoms with van der Waals surface area (Å²) >= 11 is 0. The fraction of sp³-hybridized carbons (Fsp3) is 0.353. The number of carbonyl (C=O) groups excluding carboxylic acids is 1. The Morgan fingerprint density at radius 1 is 1.40 bits per heavy atom. The van der Waals surface area contributed by atoms with Gasteiger partial charge in [0.1, 0.15) is 0 Å². The van der Waals surface area contributed by atoms with E-state index in [1.165, 1.54) is 7.11 Å². The molecule has 1 aliphatic heterocycles. The molecule has 1 aromatic rings. The molecule has 20 heavy (non-hydrogen) atoms. The Morgan fingerprint density at radius 3 is 2.65 bits per heavy atom. The van der Waals surface area contributed by atoms with Crippen LogP contribution in [0.4, 0.5) is 0 Å². The number of rotatable bonds is 5. The molecule has 0 bridgehead atoms. The molecule has 1 saturated heterocycles. The summed E-state index contributed by atoms with van der Waals surface area (Å²) in [6.07, 6.45) is 6.45. The Kier molecular flexibility index (Phi) is 4.40. The fourth-order valence-electron chi connectivity index (χ4n) is 2.44. The van der Waals surface area contributed by atoms with Crippen molar-refractivity contribution in [3.8, 4) is 0 Å². The summed E-state index contributed by atoms with van der Waals surface area (Å²) in [6, 6.07) is 9.80. The summed E-state index contributed by atoms with van der Waals surface area (Å²) in [6.45, 7) is 4.03. The van der Waals surface area contributed by atoms with Crippen LogP contribution in [0.15, 0.2) is 54.1 Å². The maximum absolute atomic E-state index is 11.9. The van der Waals surface area contributed by atoms with Crippen molar-refractivity contribution in [3.05, 3.63) is 59.7 Å². The van der Waals surface area contributed by atoms with Crippen LogP contribution < -0.4 is 0 Å². The quantitative estimate of drug-likeness (QED) is 0.468. The van der Waals surface area contributed by atoms with Crippen molar-refractivity contribution in [2.24, 2.45) is 0 Å². The van der Waals surface area contributed by atoms with Crippen molar-refractivity contribution in [2.45, 2.75) is 32.0 Å². The van der Waals surface area contributed by atoms with Crippen molar-refractivity contribution in [3.63, 3.8) is 0 Å². The average molecular weight is 272 g/mol. The zero-order valence-corrected chi connectivity index (χ0v) is 12.1. The highest BCUT2D eigenvalue weighted by Gasteiger charge is 2.64. The minimum absolute atomic E-state index is 0.335. The number of hydrogen-bond acceptors (Lipinski definition) is 3. The van der Waals surface area contributed by atoms with Crippen molar-refractivity contribution >= 4 is 5.97 Å². The topological polar surface area (TPSA) is 38.8 Å². The van der Waals surface area contributed by atoms with Gasteiger partial charge in [-0.1, -0.05) is 55.5 Å². The van der Waals surface area contributed by atoms with Gasteiger partial charge in [-0.2, -0.15) is 0 Å². The largest absolute Gasteiger partial charge is 0.467 e. The third-order valence-electron chi connectivity index (χ3n) is 3.51. The molecular formula is C17H20O3. The molecule has 2 unspecified atom stereocenters. The number of methoxy groups -OCH3 is 1. The van der Waals surface area contributed by atoms with E-state index in [1.807, 2.05) is 49.4 Å². The highest BCUT2D eigenvalue weighted by atomic mass is 16.7. The van der Waals surface area contributed by atoms with Gasteiger partial charge in [-0.05, 0) is 24.5 Å². The second kappa shape index (κ2) is 6.06. The van der Waals surface area contributed by atoms with E-state index in [1.54, 1.807) is 0 Å². The molecule has 106 valence electrons. The highest BCUT2D eigenvalue weighted by Crippen LogP contribution is 2.52. The van der Waals surface area contributed by atoms with E-state index >= 15 is 0 Å². The van der Waals surface area contributed by atoms with Gasteiger partial charge < -0.3 is 9.47 Å². The lowest BCUT2D eigenvalue weighted by Gasteiger charge is -2.14. The van der Waals surface area contributed by atoms with E-state index in [9.17, 15) is 4.79 Å². The monoisotopic (exact) mass is 272 g/mol. The Labute approximate surface area is 119 Å². The van der Waals surface area contributed by atoms with Gasteiger partial charge in [0.15, 0.2) is 11.7 Å². The maximum atomic E-state index is 11.9. The molecular weight excluding hydrogens is 252 g/mol. The number of epoxide rings is 1. The Balaban J connectivity index is 2.42.